The average Bonchev–Trinajstić information content (AvgIpc) is 2.95. The average molecular weight is 378 g/mol. The molecule has 0 aliphatic carbocycles. The van der Waals surface area contributed by atoms with E-state index in [1.54, 1.807) is 13.2 Å². The zero-order valence-corrected chi connectivity index (χ0v) is 15.6. The van der Waals surface area contributed by atoms with Crippen LogP contribution in [0, 0.1) is 6.07 Å². The highest BCUT2D eigenvalue weighted by Crippen LogP contribution is 2.33. The number of nitrogens with two attached hydrogens (primary N) is 1. The Morgan fingerprint density at radius 2 is 1.96 bits per heavy atom. The molecule has 4 nitrogen and oxygen atoms in total. The number of methoxy groups -OCH3 is 1. The van der Waals surface area contributed by atoms with E-state index >= 15 is 0 Å². The number of rotatable bonds is 5. The molecule has 0 unspecified atom stereocenters. The van der Waals surface area contributed by atoms with Gasteiger partial charge in [0.25, 0.3) is 0 Å². The molecule has 1 amide bonds. The Bertz CT molecular complexity index is 1160. The van der Waals surface area contributed by atoms with Gasteiger partial charge in [-0.3, -0.25) is 4.79 Å². The van der Waals surface area contributed by atoms with Crippen molar-refractivity contribution in [2.45, 2.75) is 13.2 Å². The first-order chi connectivity index (χ1) is 13.1. The van der Waals surface area contributed by atoms with Crippen molar-refractivity contribution in [3.05, 3.63) is 82.4 Å². The number of benzene rings is 3. The summed E-state index contributed by atoms with van der Waals surface area (Å²) in [6.45, 7) is 1.11. The maximum Gasteiger partial charge on any atom is 0.249 e. The van der Waals surface area contributed by atoms with E-state index in [-0.39, 0.29) is 0 Å². The topological polar surface area (TPSA) is 57.2 Å². The molecule has 0 aliphatic rings. The van der Waals surface area contributed by atoms with Crippen LogP contribution in [0.5, 0.6) is 0 Å². The number of amides is 1. The van der Waals surface area contributed by atoms with Crippen LogP contribution in [-0.2, 0) is 17.9 Å². The first-order valence-electron chi connectivity index (χ1n) is 8.57. The summed E-state index contributed by atoms with van der Waals surface area (Å²) in [6.07, 6.45) is 0. The molecule has 0 spiro atoms. The lowest BCUT2D eigenvalue weighted by atomic mass is 10.0. The molecular weight excluding hydrogens is 360 g/mol. The number of halogens is 1. The molecule has 135 valence electrons. The molecule has 5 heteroatoms. The highest BCUT2D eigenvalue weighted by molar-refractivity contribution is 6.30. The van der Waals surface area contributed by atoms with Gasteiger partial charge >= 0.3 is 0 Å². The fourth-order valence-corrected chi connectivity index (χ4v) is 3.76. The van der Waals surface area contributed by atoms with E-state index < -0.39 is 5.91 Å². The maximum absolute atomic E-state index is 12.0. The summed E-state index contributed by atoms with van der Waals surface area (Å²) < 4.78 is 7.43. The van der Waals surface area contributed by atoms with E-state index in [0.717, 1.165) is 32.9 Å². The van der Waals surface area contributed by atoms with Crippen molar-refractivity contribution in [3.8, 4) is 0 Å². The normalized spacial score (nSPS) is 11.3. The van der Waals surface area contributed by atoms with Crippen molar-refractivity contribution in [1.82, 2.24) is 4.57 Å². The Hall–Kier alpha value is -2.82. The van der Waals surface area contributed by atoms with E-state index in [9.17, 15) is 4.79 Å². The SMILES string of the molecule is COCc1c[c]c2c3c(C(N)=O)cccc3n(Cc3cccc(Cl)c3)c2c1. The van der Waals surface area contributed by atoms with Crippen LogP contribution in [0.3, 0.4) is 0 Å². The minimum absolute atomic E-state index is 0.447. The smallest absolute Gasteiger partial charge is 0.249 e. The Labute approximate surface area is 162 Å². The largest absolute Gasteiger partial charge is 0.380 e. The van der Waals surface area contributed by atoms with Crippen molar-refractivity contribution in [3.63, 3.8) is 0 Å². The second kappa shape index (κ2) is 7.06. The fraction of sp³-hybridized carbons (Fsp3) is 0.136. The monoisotopic (exact) mass is 377 g/mol. The van der Waals surface area contributed by atoms with Gasteiger partial charge in [0.1, 0.15) is 0 Å². The van der Waals surface area contributed by atoms with Crippen LogP contribution < -0.4 is 5.73 Å². The van der Waals surface area contributed by atoms with Gasteiger partial charge in [-0.2, -0.15) is 0 Å². The highest BCUT2D eigenvalue weighted by atomic mass is 35.5. The van der Waals surface area contributed by atoms with Crippen LogP contribution >= 0.6 is 11.6 Å². The standard InChI is InChI=1S/C22H18ClN2O2/c1-27-13-15-8-9-17-20(11-15)25(12-14-4-2-5-16(23)10-14)19-7-3-6-18(21(17)19)22(24)26/h2-8,10-11H,12-13H2,1H3,(H2,24,26). The molecule has 0 aliphatic heterocycles. The summed E-state index contributed by atoms with van der Waals surface area (Å²) in [5.41, 5.74) is 10.1. The maximum atomic E-state index is 12.0. The second-order valence-electron chi connectivity index (χ2n) is 6.48. The van der Waals surface area contributed by atoms with E-state index in [1.165, 1.54) is 0 Å². The molecule has 1 radical (unpaired) electrons. The van der Waals surface area contributed by atoms with Gasteiger partial charge in [-0.15, -0.1) is 0 Å². The fourth-order valence-electron chi connectivity index (χ4n) is 3.54. The summed E-state index contributed by atoms with van der Waals surface area (Å²) >= 11 is 6.16. The summed E-state index contributed by atoms with van der Waals surface area (Å²) in [7, 11) is 1.66. The van der Waals surface area contributed by atoms with Gasteiger partial charge in [-0.05, 0) is 53.6 Å². The number of primary amides is 1. The van der Waals surface area contributed by atoms with Gasteiger partial charge in [0.05, 0.1) is 17.6 Å². The van der Waals surface area contributed by atoms with Crippen LogP contribution in [0.15, 0.2) is 54.6 Å². The van der Waals surface area contributed by atoms with E-state index in [0.29, 0.717) is 23.7 Å². The van der Waals surface area contributed by atoms with Crippen molar-refractivity contribution < 1.29 is 9.53 Å². The third-order valence-electron chi connectivity index (χ3n) is 4.66. The lowest BCUT2D eigenvalue weighted by molar-refractivity contribution is 0.100. The third kappa shape index (κ3) is 3.18. The van der Waals surface area contributed by atoms with E-state index in [4.69, 9.17) is 22.1 Å². The van der Waals surface area contributed by atoms with E-state index in [1.807, 2.05) is 42.5 Å². The Morgan fingerprint density at radius 1 is 1.15 bits per heavy atom. The first kappa shape index (κ1) is 17.6. The van der Waals surface area contributed by atoms with Gasteiger partial charge in [-0.1, -0.05) is 29.8 Å². The minimum Gasteiger partial charge on any atom is -0.380 e. The van der Waals surface area contributed by atoms with Crippen LogP contribution in [0.1, 0.15) is 21.5 Å². The van der Waals surface area contributed by atoms with Gasteiger partial charge < -0.3 is 15.0 Å². The quantitative estimate of drug-likeness (QED) is 0.555. The number of hydrogen-bond donors (Lipinski definition) is 1. The number of carbonyl (C=O) groups is 1. The summed E-state index contributed by atoms with van der Waals surface area (Å²) in [5, 5.41) is 2.39. The molecule has 0 fully saturated rings. The number of ether oxygens (including phenoxy) is 1. The van der Waals surface area contributed by atoms with Crippen LogP contribution in [0.25, 0.3) is 21.8 Å². The molecule has 4 rings (SSSR count). The molecule has 0 atom stereocenters. The van der Waals surface area contributed by atoms with E-state index in [2.05, 4.69) is 16.7 Å². The third-order valence-corrected chi connectivity index (χ3v) is 4.90. The van der Waals surface area contributed by atoms with Crippen LogP contribution in [0.4, 0.5) is 0 Å². The van der Waals surface area contributed by atoms with Crippen LogP contribution in [0.2, 0.25) is 5.02 Å². The number of fused-ring (bicyclic) bond motifs is 3. The van der Waals surface area contributed by atoms with Crippen molar-refractivity contribution in [2.24, 2.45) is 5.73 Å². The Balaban J connectivity index is 2.02. The van der Waals surface area contributed by atoms with Gasteiger partial charge in [0.2, 0.25) is 5.91 Å². The van der Waals surface area contributed by atoms with Crippen molar-refractivity contribution in [1.29, 1.82) is 0 Å². The molecular formula is C22H18ClN2O2. The molecule has 2 N–H and O–H groups in total. The first-order valence-corrected chi connectivity index (χ1v) is 8.95. The zero-order chi connectivity index (χ0) is 19.0. The summed E-state index contributed by atoms with van der Waals surface area (Å²) in [6, 6.07) is 20.7. The predicted molar refractivity (Wildman–Crippen MR) is 108 cm³/mol. The molecule has 0 saturated carbocycles. The molecule has 3 aromatic carbocycles. The molecule has 27 heavy (non-hydrogen) atoms. The number of carbonyl (C=O) groups excluding carboxylic acids is 1. The zero-order valence-electron chi connectivity index (χ0n) is 14.8. The Kier molecular flexibility index (Phi) is 4.60. The summed E-state index contributed by atoms with van der Waals surface area (Å²) in [5.74, 6) is -0.447. The highest BCUT2D eigenvalue weighted by Gasteiger charge is 2.17. The molecule has 1 heterocycles. The van der Waals surface area contributed by atoms with Gasteiger partial charge in [0.15, 0.2) is 0 Å². The van der Waals surface area contributed by atoms with Gasteiger partial charge in [0, 0.05) is 35.0 Å². The molecule has 4 aromatic rings. The molecule has 0 bridgehead atoms. The second-order valence-corrected chi connectivity index (χ2v) is 6.92. The Morgan fingerprint density at radius 3 is 2.70 bits per heavy atom. The van der Waals surface area contributed by atoms with Gasteiger partial charge in [-0.25, -0.2) is 0 Å². The minimum atomic E-state index is -0.447. The number of aromatic nitrogens is 1. The lowest BCUT2D eigenvalue weighted by Crippen LogP contribution is -2.11. The predicted octanol–water partition coefficient (Wildman–Crippen LogP) is 4.54. The van der Waals surface area contributed by atoms with Crippen molar-refractivity contribution in [2.75, 3.05) is 7.11 Å². The number of nitrogens with zero attached hydrogens (tertiary/aromatic N) is 1. The molecule has 0 saturated heterocycles. The summed E-state index contributed by atoms with van der Waals surface area (Å²) in [4.78, 5) is 12.0. The lowest BCUT2D eigenvalue weighted by Gasteiger charge is -2.09. The number of hydrogen-bond acceptors (Lipinski definition) is 2. The van der Waals surface area contributed by atoms with Crippen LogP contribution in [-0.4, -0.2) is 17.6 Å². The van der Waals surface area contributed by atoms with Crippen molar-refractivity contribution >= 4 is 39.3 Å². The molecule has 1 aromatic heterocycles.